The minimum Gasteiger partial charge on any atom is -0.491 e. The van der Waals surface area contributed by atoms with Crippen LogP contribution in [0.15, 0.2) is 65.9 Å². The van der Waals surface area contributed by atoms with Gasteiger partial charge in [-0.1, -0.05) is 0 Å². The van der Waals surface area contributed by atoms with Gasteiger partial charge in [0.2, 0.25) is 0 Å². The number of carbonyl (C=O) groups is 1. The lowest BCUT2D eigenvalue weighted by Crippen LogP contribution is -2.30. The van der Waals surface area contributed by atoms with E-state index in [0.717, 1.165) is 31.4 Å². The maximum Gasteiger partial charge on any atom is 0.488 e. The first-order valence-electron chi connectivity index (χ1n) is 13.2. The highest BCUT2D eigenvalue weighted by molar-refractivity contribution is 9.30. The van der Waals surface area contributed by atoms with Crippen LogP contribution in [-0.4, -0.2) is 50.5 Å². The van der Waals surface area contributed by atoms with Crippen LogP contribution in [-0.2, 0) is 0 Å². The van der Waals surface area contributed by atoms with Crippen molar-refractivity contribution in [3.8, 4) is 17.1 Å². The summed E-state index contributed by atoms with van der Waals surface area (Å²) < 4.78 is 57.3. The number of hydrogen-bond donors (Lipinski definition) is 2. The smallest absolute Gasteiger partial charge is 0.488 e. The zero-order chi connectivity index (χ0) is 39.7. The number of halogens is 5. The first kappa shape index (κ1) is 53.2. The Morgan fingerprint density at radius 1 is 0.692 bits per heavy atom. The third-order valence-corrected chi connectivity index (χ3v) is 102. The molecule has 0 saturated heterocycles. The lowest BCUT2D eigenvalue weighted by atomic mass is 9.80. The van der Waals surface area contributed by atoms with Gasteiger partial charge in [0, 0.05) is 30.4 Å². The monoisotopic (exact) mass is 1080 g/mol. The van der Waals surface area contributed by atoms with E-state index < -0.39 is 41.7 Å². The third kappa shape index (κ3) is 19.0. The number of nitrogens with zero attached hydrogens (tertiary/aromatic N) is 4. The van der Waals surface area contributed by atoms with E-state index in [2.05, 4.69) is 121 Å². The highest BCUT2D eigenvalue weighted by Gasteiger charge is 2.35. The molecule has 0 fully saturated rings. The standard InChI is InChI=1S/C11H6F2N2O.C7H7BF2O3.C4H3BrN2.H18P16/c12-9-4-7(5-10(13)8(9)6-16)11-14-2-1-3-15-11;1-13-7-5(9)2-4(8(11)12)3-6(7)10;5-4-6-2-1-3-7-4;1-10(2)14(9)16(13(7)8)15(11(3)4)12(5)6/h1-6H;2-3,11-12H,1H3;1-3H;1-9H2. The van der Waals surface area contributed by atoms with Crippen LogP contribution in [0.25, 0.3) is 11.4 Å². The largest absolute Gasteiger partial charge is 0.491 e. The Morgan fingerprint density at radius 2 is 1.12 bits per heavy atom. The number of aldehydes is 1. The zero-order valence-electron chi connectivity index (χ0n) is 26.6. The molecule has 2 heterocycles. The van der Waals surface area contributed by atoms with Crippen molar-refractivity contribution in [1.29, 1.82) is 0 Å². The number of hydrogen-bond acceptors (Lipinski definition) is 8. The Labute approximate surface area is 337 Å². The second kappa shape index (κ2) is 28.6. The molecule has 2 aromatic heterocycles. The van der Waals surface area contributed by atoms with Gasteiger partial charge in [0.1, 0.15) is 11.6 Å². The van der Waals surface area contributed by atoms with Crippen LogP contribution in [0, 0.1) is 23.3 Å². The maximum absolute atomic E-state index is 13.3. The van der Waals surface area contributed by atoms with Crippen molar-refractivity contribution in [2.75, 3.05) is 7.11 Å². The lowest BCUT2D eigenvalue weighted by Gasteiger charge is -2.40. The van der Waals surface area contributed by atoms with Crippen molar-refractivity contribution >= 4 is 164 Å². The van der Waals surface area contributed by atoms with Crippen LogP contribution >= 0.6 is 145 Å². The van der Waals surface area contributed by atoms with Crippen molar-refractivity contribution < 1.29 is 37.1 Å². The number of aromatic nitrogens is 4. The van der Waals surface area contributed by atoms with Crippen LogP contribution in [0.1, 0.15) is 10.4 Å². The summed E-state index contributed by atoms with van der Waals surface area (Å²) in [6.45, 7) is 0.740. The van der Waals surface area contributed by atoms with E-state index in [1.54, 1.807) is 24.5 Å². The summed E-state index contributed by atoms with van der Waals surface area (Å²) in [5, 5.41) is 17.2. The molecule has 0 saturated carbocycles. The molecular weight excluding hydrogens is 1050 g/mol. The van der Waals surface area contributed by atoms with E-state index in [9.17, 15) is 22.4 Å². The van der Waals surface area contributed by atoms with Gasteiger partial charge in [-0.25, -0.2) is 37.5 Å². The SMILES string of the molecule is Brc1ncccn1.COc1c(F)cc(B(O)O)cc1F.O=Cc1c(F)cc(-c2ncccn2)cc1F.PP(P)P(P)P(P(P)P)P(P(P)P)P(P)P. The average molecular weight is 1080 g/mol. The second-order valence-corrected chi connectivity index (χ2v) is 71.3. The number of benzene rings is 2. The van der Waals surface area contributed by atoms with Crippen molar-refractivity contribution in [3.63, 3.8) is 0 Å². The molecule has 2 N–H and O–H groups in total. The molecule has 4 aromatic rings. The van der Waals surface area contributed by atoms with E-state index in [1.807, 2.05) is 0 Å². The van der Waals surface area contributed by atoms with Crippen molar-refractivity contribution in [1.82, 2.24) is 19.9 Å². The quantitative estimate of drug-likeness (QED) is 0.0530. The Hall–Kier alpha value is 3.13. The first-order chi connectivity index (χ1) is 24.4. The number of ether oxygens (including phenoxy) is 1. The Kier molecular flexibility index (Phi) is 29.2. The second-order valence-electron chi connectivity index (χ2n) is 8.83. The van der Waals surface area contributed by atoms with E-state index in [1.165, 1.54) is 12.4 Å². The van der Waals surface area contributed by atoms with E-state index in [4.69, 9.17) is 10.0 Å². The van der Waals surface area contributed by atoms with Gasteiger partial charge in [0.05, 0.1) is 12.7 Å². The molecule has 11 unspecified atom stereocenters. The fourth-order valence-electron chi connectivity index (χ4n) is 3.16. The van der Waals surface area contributed by atoms with Crippen LogP contribution in [0.2, 0.25) is 0 Å². The van der Waals surface area contributed by atoms with Crippen LogP contribution < -0.4 is 10.2 Å². The Balaban J connectivity index is 0.000000358. The molecule has 2 aromatic carbocycles. The molecule has 4 rings (SSSR count). The fourth-order valence-corrected chi connectivity index (χ4v) is 167. The maximum atomic E-state index is 13.3. The molecular formula is C22H34BBrF4N4O4P16. The summed E-state index contributed by atoms with van der Waals surface area (Å²) >= 11 is 3.09. The molecule has 0 bridgehead atoms. The molecule has 0 spiro atoms. The summed E-state index contributed by atoms with van der Waals surface area (Å²) in [5.74, 6) is -4.10. The summed E-state index contributed by atoms with van der Waals surface area (Å²) in [6.07, 6.45) is 6.42. The summed E-state index contributed by atoms with van der Waals surface area (Å²) in [6, 6.07) is 7.02. The van der Waals surface area contributed by atoms with Crippen molar-refractivity contribution in [3.05, 3.63) is 94.8 Å². The van der Waals surface area contributed by atoms with Gasteiger partial charge >= 0.3 is 7.12 Å². The summed E-state index contributed by atoms with van der Waals surface area (Å²) in [5.41, 5.74) is -0.642. The topological polar surface area (TPSA) is 118 Å². The van der Waals surface area contributed by atoms with Gasteiger partial charge in [-0.2, -0.15) is 0 Å². The van der Waals surface area contributed by atoms with E-state index in [-0.39, 0.29) is 72.0 Å². The molecule has 0 aliphatic rings. The summed E-state index contributed by atoms with van der Waals surface area (Å²) in [4.78, 5) is 25.7. The molecule has 0 radical (unpaired) electrons. The van der Waals surface area contributed by atoms with E-state index in [0.29, 0.717) is 4.73 Å². The molecule has 0 aliphatic heterocycles. The van der Waals surface area contributed by atoms with Crippen molar-refractivity contribution in [2.45, 2.75) is 0 Å². The van der Waals surface area contributed by atoms with Crippen LogP contribution in [0.4, 0.5) is 17.6 Å². The minimum absolute atomic E-state index is 0.0635. The molecule has 0 amide bonds. The van der Waals surface area contributed by atoms with Gasteiger partial charge in [-0.3, -0.25) is 4.79 Å². The Bertz CT molecular complexity index is 1620. The van der Waals surface area contributed by atoms with Gasteiger partial charge in [0.15, 0.2) is 34.2 Å². The highest BCUT2D eigenvalue weighted by Crippen LogP contribution is 3.24. The van der Waals surface area contributed by atoms with Crippen LogP contribution in [0.3, 0.4) is 0 Å². The number of rotatable bonds is 10. The molecule has 284 valence electrons. The molecule has 30 heteroatoms. The molecule has 0 aliphatic carbocycles. The predicted octanol–water partition coefficient (Wildman–Crippen LogP) is 12.1. The van der Waals surface area contributed by atoms with Gasteiger partial charge in [0.25, 0.3) is 0 Å². The van der Waals surface area contributed by atoms with Crippen molar-refractivity contribution in [2.24, 2.45) is 0 Å². The fraction of sp³-hybridized carbons (Fsp3) is 0.0455. The number of carbonyl (C=O) groups excluding carboxylic acids is 1. The lowest BCUT2D eigenvalue weighted by molar-refractivity contribution is 0.111. The van der Waals surface area contributed by atoms with Gasteiger partial charge < -0.3 is 14.8 Å². The molecule has 11 atom stereocenters. The van der Waals surface area contributed by atoms with Crippen LogP contribution in [0.5, 0.6) is 5.75 Å². The zero-order valence-corrected chi connectivity index (χ0v) is 44.9. The average Bonchev–Trinajstić information content (AvgIpc) is 3.07. The van der Waals surface area contributed by atoms with Gasteiger partial charge in [-0.05, 0) is 107 Å². The third-order valence-electron chi connectivity index (χ3n) is 5.28. The molecule has 52 heavy (non-hydrogen) atoms. The number of methoxy groups -OCH3 is 1. The van der Waals surface area contributed by atoms with E-state index >= 15 is 0 Å². The predicted molar refractivity (Wildman–Crippen MR) is 261 cm³/mol. The Morgan fingerprint density at radius 3 is 1.42 bits per heavy atom. The highest BCUT2D eigenvalue weighted by atomic mass is 79.9. The van der Waals surface area contributed by atoms with Gasteiger partial charge in [-0.15, -0.1) is 80.4 Å². The molecule has 8 nitrogen and oxygen atoms in total. The minimum atomic E-state index is -1.89. The summed E-state index contributed by atoms with van der Waals surface area (Å²) in [7, 11) is 27.0. The normalized spacial score (nSPS) is 12.0. The first-order valence-corrected chi connectivity index (χ1v) is 42.2.